The van der Waals surface area contributed by atoms with Gasteiger partial charge in [-0.1, -0.05) is 35.9 Å². The van der Waals surface area contributed by atoms with Gasteiger partial charge in [0.15, 0.2) is 0 Å². The average molecular weight is 406 g/mol. The van der Waals surface area contributed by atoms with Gasteiger partial charge in [-0.05, 0) is 54.6 Å². The molecule has 146 valence electrons. The van der Waals surface area contributed by atoms with Gasteiger partial charge >= 0.3 is 0 Å². The second kappa shape index (κ2) is 8.01. The molecule has 0 unspecified atom stereocenters. The Morgan fingerprint density at radius 2 is 1.69 bits per heavy atom. The SMILES string of the molecule is Cc1ccc(NC2=C(c3cccs3)C(=O)N(CCc3ccc(F)cc3)C2=O)cc1. The van der Waals surface area contributed by atoms with Crippen LogP contribution in [-0.4, -0.2) is 23.3 Å². The second-order valence-electron chi connectivity index (χ2n) is 6.86. The highest BCUT2D eigenvalue weighted by Crippen LogP contribution is 2.33. The van der Waals surface area contributed by atoms with Gasteiger partial charge in [0.25, 0.3) is 11.8 Å². The quantitative estimate of drug-likeness (QED) is 0.607. The van der Waals surface area contributed by atoms with Gasteiger partial charge in [0.1, 0.15) is 11.5 Å². The molecule has 4 rings (SSSR count). The Kier molecular flexibility index (Phi) is 5.27. The molecule has 2 amide bonds. The molecule has 2 heterocycles. The van der Waals surface area contributed by atoms with Crippen LogP contribution >= 0.6 is 11.3 Å². The zero-order valence-electron chi connectivity index (χ0n) is 15.8. The topological polar surface area (TPSA) is 49.4 Å². The number of halogens is 1. The van der Waals surface area contributed by atoms with Crippen molar-refractivity contribution in [2.24, 2.45) is 0 Å². The summed E-state index contributed by atoms with van der Waals surface area (Å²) in [4.78, 5) is 28.2. The Labute approximate surface area is 172 Å². The van der Waals surface area contributed by atoms with Crippen molar-refractivity contribution in [1.82, 2.24) is 4.90 Å². The van der Waals surface area contributed by atoms with E-state index in [0.717, 1.165) is 21.7 Å². The summed E-state index contributed by atoms with van der Waals surface area (Å²) < 4.78 is 13.1. The molecule has 4 nitrogen and oxygen atoms in total. The smallest absolute Gasteiger partial charge is 0.278 e. The zero-order valence-corrected chi connectivity index (χ0v) is 16.6. The van der Waals surface area contributed by atoms with Gasteiger partial charge in [0, 0.05) is 17.1 Å². The van der Waals surface area contributed by atoms with E-state index in [9.17, 15) is 14.0 Å². The Bertz CT molecular complexity index is 1070. The number of hydrogen-bond donors (Lipinski definition) is 1. The minimum absolute atomic E-state index is 0.233. The fourth-order valence-corrected chi connectivity index (χ4v) is 3.99. The largest absolute Gasteiger partial charge is 0.350 e. The number of hydrogen-bond acceptors (Lipinski definition) is 4. The molecule has 0 aliphatic carbocycles. The first kappa shape index (κ1) is 19.1. The third-order valence-electron chi connectivity index (χ3n) is 4.79. The molecular formula is C23H19FN2O2S. The number of anilines is 1. The Hall–Kier alpha value is -3.25. The van der Waals surface area contributed by atoms with E-state index < -0.39 is 0 Å². The highest BCUT2D eigenvalue weighted by Gasteiger charge is 2.39. The maximum absolute atomic E-state index is 13.1. The molecule has 3 aromatic rings. The van der Waals surface area contributed by atoms with Crippen LogP contribution in [0.2, 0.25) is 0 Å². The molecule has 2 aromatic carbocycles. The molecule has 0 bridgehead atoms. The molecule has 1 aliphatic heterocycles. The van der Waals surface area contributed by atoms with Crippen LogP contribution in [0.15, 0.2) is 71.7 Å². The van der Waals surface area contributed by atoms with Gasteiger partial charge in [0.2, 0.25) is 0 Å². The third kappa shape index (κ3) is 3.98. The predicted octanol–water partition coefficient (Wildman–Crippen LogP) is 4.63. The highest BCUT2D eigenvalue weighted by atomic mass is 32.1. The molecule has 0 saturated carbocycles. The van der Waals surface area contributed by atoms with E-state index in [1.807, 2.05) is 48.7 Å². The number of nitrogens with one attached hydrogen (secondary N) is 1. The predicted molar refractivity (Wildman–Crippen MR) is 113 cm³/mol. The first-order valence-electron chi connectivity index (χ1n) is 9.25. The van der Waals surface area contributed by atoms with Crippen molar-refractivity contribution in [3.63, 3.8) is 0 Å². The lowest BCUT2D eigenvalue weighted by atomic mass is 10.1. The monoisotopic (exact) mass is 406 g/mol. The highest BCUT2D eigenvalue weighted by molar-refractivity contribution is 7.11. The van der Waals surface area contributed by atoms with E-state index in [1.54, 1.807) is 12.1 Å². The van der Waals surface area contributed by atoms with Crippen molar-refractivity contribution >= 4 is 34.4 Å². The first-order valence-corrected chi connectivity index (χ1v) is 10.1. The minimum atomic E-state index is -0.346. The van der Waals surface area contributed by atoms with Crippen molar-refractivity contribution in [2.45, 2.75) is 13.3 Å². The Morgan fingerprint density at radius 3 is 2.34 bits per heavy atom. The standard InChI is InChI=1S/C23H19FN2O2S/c1-15-4-10-18(11-5-15)25-21-20(19-3-2-14-29-19)22(27)26(23(21)28)13-12-16-6-8-17(24)9-7-16/h2-11,14,25H,12-13H2,1H3. The van der Waals surface area contributed by atoms with E-state index in [4.69, 9.17) is 0 Å². The molecule has 6 heteroatoms. The van der Waals surface area contributed by atoms with Crippen LogP contribution in [0, 0.1) is 12.7 Å². The molecule has 29 heavy (non-hydrogen) atoms. The maximum Gasteiger partial charge on any atom is 0.278 e. The summed E-state index contributed by atoms with van der Waals surface area (Å²) in [5, 5.41) is 5.03. The number of nitrogens with zero attached hydrogens (tertiary/aromatic N) is 1. The molecule has 0 saturated heterocycles. The van der Waals surface area contributed by atoms with Gasteiger partial charge in [-0.3, -0.25) is 14.5 Å². The third-order valence-corrected chi connectivity index (χ3v) is 5.68. The van der Waals surface area contributed by atoms with Crippen LogP contribution in [0.3, 0.4) is 0 Å². The summed E-state index contributed by atoms with van der Waals surface area (Å²) in [6.07, 6.45) is 0.466. The summed E-state index contributed by atoms with van der Waals surface area (Å²) in [5.74, 6) is -0.969. The number of carbonyl (C=O) groups is 2. The number of thiophene rings is 1. The van der Waals surface area contributed by atoms with E-state index in [0.29, 0.717) is 17.7 Å². The second-order valence-corrected chi connectivity index (χ2v) is 7.80. The number of benzene rings is 2. The molecule has 0 fully saturated rings. The first-order chi connectivity index (χ1) is 14.0. The van der Waals surface area contributed by atoms with Crippen molar-refractivity contribution in [3.05, 3.63) is 93.6 Å². The van der Waals surface area contributed by atoms with Crippen LogP contribution in [0.1, 0.15) is 16.0 Å². The van der Waals surface area contributed by atoms with Crippen LogP contribution in [0.25, 0.3) is 5.57 Å². The van der Waals surface area contributed by atoms with Gasteiger partial charge in [0.05, 0.1) is 5.57 Å². The summed E-state index contributed by atoms with van der Waals surface area (Å²) in [5.41, 5.74) is 3.41. The Morgan fingerprint density at radius 1 is 0.966 bits per heavy atom. The van der Waals surface area contributed by atoms with Crippen LogP contribution in [0.5, 0.6) is 0 Å². The zero-order chi connectivity index (χ0) is 20.4. The van der Waals surface area contributed by atoms with Crippen molar-refractivity contribution in [3.8, 4) is 0 Å². The normalized spacial score (nSPS) is 14.1. The molecule has 0 spiro atoms. The number of amides is 2. The lowest BCUT2D eigenvalue weighted by Crippen LogP contribution is -2.34. The number of rotatable bonds is 6. The lowest BCUT2D eigenvalue weighted by molar-refractivity contribution is -0.136. The number of aryl methyl sites for hydroxylation is 1. The van der Waals surface area contributed by atoms with E-state index >= 15 is 0 Å². The van der Waals surface area contributed by atoms with Crippen LogP contribution < -0.4 is 5.32 Å². The molecule has 1 aliphatic rings. The summed E-state index contributed by atoms with van der Waals surface area (Å²) in [6.45, 7) is 2.22. The van der Waals surface area contributed by atoms with Crippen molar-refractivity contribution in [2.75, 3.05) is 11.9 Å². The van der Waals surface area contributed by atoms with Crippen LogP contribution in [0.4, 0.5) is 10.1 Å². The maximum atomic E-state index is 13.1. The van der Waals surface area contributed by atoms with Gasteiger partial charge in [-0.2, -0.15) is 0 Å². The van der Waals surface area contributed by atoms with Gasteiger partial charge < -0.3 is 5.32 Å². The summed E-state index contributed by atoms with van der Waals surface area (Å²) in [6, 6.07) is 17.4. The van der Waals surface area contributed by atoms with Gasteiger partial charge in [-0.25, -0.2) is 4.39 Å². The van der Waals surface area contributed by atoms with Crippen LogP contribution in [-0.2, 0) is 16.0 Å². The molecule has 0 atom stereocenters. The molecule has 0 radical (unpaired) electrons. The number of carbonyl (C=O) groups excluding carboxylic acids is 2. The Balaban J connectivity index is 1.60. The fourth-order valence-electron chi connectivity index (χ4n) is 3.22. The molecule has 1 aromatic heterocycles. The summed E-state index contributed by atoms with van der Waals surface area (Å²) >= 11 is 1.42. The molecular weight excluding hydrogens is 387 g/mol. The van der Waals surface area contributed by atoms with E-state index in [1.165, 1.54) is 28.4 Å². The average Bonchev–Trinajstić information content (AvgIpc) is 3.31. The fraction of sp³-hybridized carbons (Fsp3) is 0.130. The van der Waals surface area contributed by atoms with Gasteiger partial charge in [-0.15, -0.1) is 11.3 Å². The van der Waals surface area contributed by atoms with Crippen molar-refractivity contribution < 1.29 is 14.0 Å². The summed E-state index contributed by atoms with van der Waals surface area (Å²) in [7, 11) is 0. The molecule has 1 N–H and O–H groups in total. The lowest BCUT2D eigenvalue weighted by Gasteiger charge is -2.15. The van der Waals surface area contributed by atoms with Crippen molar-refractivity contribution in [1.29, 1.82) is 0 Å². The van der Waals surface area contributed by atoms with E-state index in [2.05, 4.69) is 5.32 Å². The number of imide groups is 1. The minimum Gasteiger partial charge on any atom is -0.350 e. The van der Waals surface area contributed by atoms with E-state index in [-0.39, 0.29) is 24.2 Å².